The molecule has 0 aliphatic heterocycles. The van der Waals surface area contributed by atoms with E-state index in [9.17, 15) is 4.79 Å². The molecule has 2 rings (SSSR count). The molecule has 1 aromatic carbocycles. The molecule has 0 amide bonds. The predicted octanol–water partition coefficient (Wildman–Crippen LogP) is 3.10. The van der Waals surface area contributed by atoms with Crippen molar-refractivity contribution in [3.63, 3.8) is 0 Å². The molecule has 2 N–H and O–H groups in total. The highest BCUT2D eigenvalue weighted by molar-refractivity contribution is 5.79. The van der Waals surface area contributed by atoms with Gasteiger partial charge in [0.1, 0.15) is 5.78 Å². The van der Waals surface area contributed by atoms with E-state index in [4.69, 9.17) is 5.73 Å². The van der Waals surface area contributed by atoms with Crippen LogP contribution >= 0.6 is 0 Å². The number of carbonyl (C=O) groups excluding carboxylic acids is 1. The van der Waals surface area contributed by atoms with E-state index in [-0.39, 0.29) is 5.41 Å². The van der Waals surface area contributed by atoms with Crippen LogP contribution in [-0.4, -0.2) is 12.3 Å². The lowest BCUT2D eigenvalue weighted by atomic mass is 9.65. The maximum absolute atomic E-state index is 11.9. The van der Waals surface area contributed by atoms with E-state index >= 15 is 0 Å². The van der Waals surface area contributed by atoms with E-state index in [2.05, 4.69) is 24.3 Å². The van der Waals surface area contributed by atoms with E-state index in [0.29, 0.717) is 25.2 Å². The first kappa shape index (κ1) is 13.3. The molecule has 0 aromatic heterocycles. The van der Waals surface area contributed by atoms with Gasteiger partial charge in [-0.1, -0.05) is 36.8 Å². The Labute approximate surface area is 110 Å². The number of rotatable bonds is 7. The Morgan fingerprint density at radius 2 is 1.94 bits per heavy atom. The summed E-state index contributed by atoms with van der Waals surface area (Å²) in [7, 11) is 0. The quantitative estimate of drug-likeness (QED) is 0.802. The Morgan fingerprint density at radius 1 is 1.22 bits per heavy atom. The zero-order chi connectivity index (χ0) is 12.8. The summed E-state index contributed by atoms with van der Waals surface area (Å²) in [6.07, 6.45) is 6.91. The van der Waals surface area contributed by atoms with Crippen molar-refractivity contribution in [2.75, 3.05) is 6.54 Å². The highest BCUT2D eigenvalue weighted by Crippen LogP contribution is 2.43. The first-order valence-electron chi connectivity index (χ1n) is 7.00. The Hall–Kier alpha value is -1.15. The summed E-state index contributed by atoms with van der Waals surface area (Å²) in [4.78, 5) is 11.9. The Morgan fingerprint density at radius 3 is 2.50 bits per heavy atom. The van der Waals surface area contributed by atoms with Crippen molar-refractivity contribution >= 4 is 5.78 Å². The summed E-state index contributed by atoms with van der Waals surface area (Å²) in [6, 6.07) is 10.4. The molecule has 2 heteroatoms. The molecule has 98 valence electrons. The van der Waals surface area contributed by atoms with E-state index in [1.165, 1.54) is 12.0 Å². The number of nitrogens with two attached hydrogens (primary N) is 1. The highest BCUT2D eigenvalue weighted by Gasteiger charge is 2.36. The fraction of sp³-hybridized carbons (Fsp3) is 0.562. The molecule has 0 atom stereocenters. The van der Waals surface area contributed by atoms with Crippen LogP contribution in [0.15, 0.2) is 30.3 Å². The van der Waals surface area contributed by atoms with Gasteiger partial charge in [-0.15, -0.1) is 0 Å². The third-order valence-corrected chi connectivity index (χ3v) is 4.18. The maximum atomic E-state index is 11.9. The molecule has 0 heterocycles. The van der Waals surface area contributed by atoms with Crippen molar-refractivity contribution < 1.29 is 4.79 Å². The molecule has 0 radical (unpaired) electrons. The van der Waals surface area contributed by atoms with Crippen molar-refractivity contribution in [3.8, 4) is 0 Å². The van der Waals surface area contributed by atoms with Crippen molar-refractivity contribution in [1.82, 2.24) is 0 Å². The second kappa shape index (κ2) is 6.14. The Kier molecular flexibility index (Phi) is 4.54. The van der Waals surface area contributed by atoms with Gasteiger partial charge in [0.15, 0.2) is 0 Å². The summed E-state index contributed by atoms with van der Waals surface area (Å²) >= 11 is 0. The molecule has 0 saturated heterocycles. The SMILES string of the molecule is NCC1(CC(=O)CCCc2ccccc2)CCC1. The van der Waals surface area contributed by atoms with Crippen molar-refractivity contribution in [2.24, 2.45) is 11.1 Å². The lowest BCUT2D eigenvalue weighted by molar-refractivity contribution is -0.122. The van der Waals surface area contributed by atoms with Crippen molar-refractivity contribution in [1.29, 1.82) is 0 Å². The van der Waals surface area contributed by atoms with Crippen LogP contribution in [0.3, 0.4) is 0 Å². The summed E-state index contributed by atoms with van der Waals surface area (Å²) in [5, 5.41) is 0. The van der Waals surface area contributed by atoms with E-state index < -0.39 is 0 Å². The van der Waals surface area contributed by atoms with Crippen LogP contribution in [0.5, 0.6) is 0 Å². The van der Waals surface area contributed by atoms with Gasteiger partial charge in [0.25, 0.3) is 0 Å². The van der Waals surface area contributed by atoms with Crippen LogP contribution in [0, 0.1) is 5.41 Å². The fourth-order valence-electron chi connectivity index (χ4n) is 2.77. The first-order valence-corrected chi connectivity index (χ1v) is 7.00. The lowest BCUT2D eigenvalue weighted by Crippen LogP contribution is -2.39. The van der Waals surface area contributed by atoms with Gasteiger partial charge in [0.05, 0.1) is 0 Å². The predicted molar refractivity (Wildman–Crippen MR) is 74.3 cm³/mol. The van der Waals surface area contributed by atoms with Crippen molar-refractivity contribution in [3.05, 3.63) is 35.9 Å². The second-order valence-corrected chi connectivity index (χ2v) is 5.61. The van der Waals surface area contributed by atoms with Crippen molar-refractivity contribution in [2.45, 2.75) is 44.9 Å². The highest BCUT2D eigenvalue weighted by atomic mass is 16.1. The molecule has 2 nitrogen and oxygen atoms in total. The minimum atomic E-state index is 0.170. The molecule has 1 fully saturated rings. The molecular formula is C16H23NO. The van der Waals surface area contributed by atoms with Crippen LogP contribution < -0.4 is 5.73 Å². The molecule has 1 aliphatic carbocycles. The normalized spacial score (nSPS) is 17.2. The molecule has 0 unspecified atom stereocenters. The molecule has 1 aromatic rings. The molecule has 18 heavy (non-hydrogen) atoms. The molecule has 0 spiro atoms. The van der Waals surface area contributed by atoms with Crippen LogP contribution in [0.4, 0.5) is 0 Å². The third kappa shape index (κ3) is 3.42. The van der Waals surface area contributed by atoms with Gasteiger partial charge in [-0.2, -0.15) is 0 Å². The Bertz CT molecular complexity index is 376. The van der Waals surface area contributed by atoms with E-state index in [1.807, 2.05) is 6.07 Å². The minimum absolute atomic E-state index is 0.170. The second-order valence-electron chi connectivity index (χ2n) is 5.61. The summed E-state index contributed by atoms with van der Waals surface area (Å²) in [5.74, 6) is 0.399. The van der Waals surface area contributed by atoms with Gasteiger partial charge < -0.3 is 5.73 Å². The number of aryl methyl sites for hydroxylation is 1. The number of hydrogen-bond donors (Lipinski definition) is 1. The molecule has 0 bridgehead atoms. The Balaban J connectivity index is 1.69. The van der Waals surface area contributed by atoms with Crippen LogP contribution in [0.25, 0.3) is 0 Å². The average Bonchev–Trinajstić information content (AvgIpc) is 2.35. The molecule has 1 saturated carbocycles. The third-order valence-electron chi connectivity index (χ3n) is 4.18. The minimum Gasteiger partial charge on any atom is -0.330 e. The number of carbonyl (C=O) groups is 1. The summed E-state index contributed by atoms with van der Waals surface area (Å²) in [5.41, 5.74) is 7.28. The van der Waals surface area contributed by atoms with Crippen LogP contribution in [0.1, 0.15) is 44.1 Å². The number of Topliss-reactive ketones (excluding diaryl/α,β-unsaturated/α-hetero) is 1. The largest absolute Gasteiger partial charge is 0.330 e. The maximum Gasteiger partial charge on any atom is 0.133 e. The molecule has 1 aliphatic rings. The van der Waals surface area contributed by atoms with Crippen LogP contribution in [-0.2, 0) is 11.2 Å². The monoisotopic (exact) mass is 245 g/mol. The standard InChI is InChI=1S/C16H23NO/c17-13-16(10-5-11-16)12-15(18)9-4-8-14-6-2-1-3-7-14/h1-3,6-7H,4-5,8-13,17H2. The number of benzene rings is 1. The van der Waals surface area contributed by atoms with Gasteiger partial charge in [-0.25, -0.2) is 0 Å². The topological polar surface area (TPSA) is 43.1 Å². The summed E-state index contributed by atoms with van der Waals surface area (Å²) < 4.78 is 0. The fourth-order valence-corrected chi connectivity index (χ4v) is 2.77. The smallest absolute Gasteiger partial charge is 0.133 e. The first-order chi connectivity index (χ1) is 8.74. The average molecular weight is 245 g/mol. The summed E-state index contributed by atoms with van der Waals surface area (Å²) in [6.45, 7) is 0.678. The van der Waals surface area contributed by atoms with E-state index in [1.54, 1.807) is 0 Å². The van der Waals surface area contributed by atoms with Gasteiger partial charge in [-0.3, -0.25) is 4.79 Å². The zero-order valence-corrected chi connectivity index (χ0v) is 11.0. The van der Waals surface area contributed by atoms with Gasteiger partial charge in [-0.05, 0) is 43.2 Å². The van der Waals surface area contributed by atoms with Gasteiger partial charge in [0.2, 0.25) is 0 Å². The zero-order valence-electron chi connectivity index (χ0n) is 11.0. The lowest BCUT2D eigenvalue weighted by Gasteiger charge is -2.40. The number of hydrogen-bond acceptors (Lipinski definition) is 2. The van der Waals surface area contributed by atoms with Gasteiger partial charge >= 0.3 is 0 Å². The van der Waals surface area contributed by atoms with Crippen LogP contribution in [0.2, 0.25) is 0 Å². The molecular weight excluding hydrogens is 222 g/mol. The number of ketones is 1. The van der Waals surface area contributed by atoms with Gasteiger partial charge in [0, 0.05) is 12.8 Å². The van der Waals surface area contributed by atoms with E-state index in [0.717, 1.165) is 25.7 Å².